The number of aromatic nitrogens is 2. The van der Waals surface area contributed by atoms with Crippen molar-refractivity contribution >= 4 is 34.8 Å². The molecule has 0 radical (unpaired) electrons. The molecule has 7 heteroatoms. The fourth-order valence-corrected chi connectivity index (χ4v) is 3.57. The first-order valence-electron chi connectivity index (χ1n) is 8.53. The Morgan fingerprint density at radius 2 is 1.34 bits per heavy atom. The second-order valence-electron chi connectivity index (χ2n) is 6.30. The maximum Gasteiger partial charge on any atom is 0.337 e. The summed E-state index contributed by atoms with van der Waals surface area (Å²) in [6.45, 7) is 0. The molecular formula is C22H12Cl3N3O. The number of benzene rings is 3. The van der Waals surface area contributed by atoms with Gasteiger partial charge in [-0.15, -0.1) is 0 Å². The number of nitrogens with zero attached hydrogens (tertiary/aromatic N) is 3. The third-order valence-electron chi connectivity index (χ3n) is 4.40. The number of hydrogen-bond donors (Lipinski definition) is 0. The Morgan fingerprint density at radius 3 is 1.93 bits per heavy atom. The monoisotopic (exact) mass is 439 g/mol. The molecule has 0 aliphatic heterocycles. The van der Waals surface area contributed by atoms with E-state index in [0.717, 1.165) is 0 Å². The standard InChI is InChI=1S/C22H12Cl3N3O/c23-16-1-5-19(6-2-16)27-13-21(15-9-14(12-26)10-18(25)11-15)28(22(27)29)20-7-3-17(24)4-8-20/h1-11,13H. The first-order chi connectivity index (χ1) is 14.0. The lowest BCUT2D eigenvalue weighted by Crippen LogP contribution is -2.22. The first kappa shape index (κ1) is 19.4. The van der Waals surface area contributed by atoms with E-state index in [2.05, 4.69) is 6.07 Å². The Hall–Kier alpha value is -2.97. The molecule has 4 nitrogen and oxygen atoms in total. The highest BCUT2D eigenvalue weighted by Gasteiger charge is 2.17. The topological polar surface area (TPSA) is 50.7 Å². The third kappa shape index (κ3) is 3.81. The van der Waals surface area contributed by atoms with Crippen LogP contribution in [0.2, 0.25) is 15.1 Å². The molecule has 4 aromatic rings. The van der Waals surface area contributed by atoms with Crippen molar-refractivity contribution in [3.63, 3.8) is 0 Å². The largest absolute Gasteiger partial charge is 0.337 e. The van der Waals surface area contributed by atoms with E-state index >= 15 is 0 Å². The van der Waals surface area contributed by atoms with Crippen molar-refractivity contribution in [2.24, 2.45) is 0 Å². The third-order valence-corrected chi connectivity index (χ3v) is 5.12. The summed E-state index contributed by atoms with van der Waals surface area (Å²) in [4.78, 5) is 13.3. The van der Waals surface area contributed by atoms with Crippen LogP contribution in [0.15, 0.2) is 77.7 Å². The molecular weight excluding hydrogens is 429 g/mol. The van der Waals surface area contributed by atoms with Crippen LogP contribution < -0.4 is 5.69 Å². The molecule has 1 heterocycles. The fraction of sp³-hybridized carbons (Fsp3) is 0. The molecule has 0 aliphatic rings. The molecule has 0 N–H and O–H groups in total. The summed E-state index contributed by atoms with van der Waals surface area (Å²) < 4.78 is 3.07. The molecule has 4 rings (SSSR count). The number of rotatable bonds is 3. The van der Waals surface area contributed by atoms with Gasteiger partial charge in [-0.05, 0) is 66.7 Å². The number of nitriles is 1. The van der Waals surface area contributed by atoms with Crippen molar-refractivity contribution < 1.29 is 0 Å². The van der Waals surface area contributed by atoms with E-state index in [4.69, 9.17) is 34.8 Å². The smallest absolute Gasteiger partial charge is 0.267 e. The van der Waals surface area contributed by atoms with Gasteiger partial charge >= 0.3 is 5.69 Å². The fourth-order valence-electron chi connectivity index (χ4n) is 3.08. The summed E-state index contributed by atoms with van der Waals surface area (Å²) in [6, 6.07) is 21.0. The lowest BCUT2D eigenvalue weighted by Gasteiger charge is -2.08. The van der Waals surface area contributed by atoms with E-state index in [0.29, 0.717) is 43.3 Å². The summed E-state index contributed by atoms with van der Waals surface area (Å²) in [5, 5.41) is 10.9. The van der Waals surface area contributed by atoms with Crippen LogP contribution in [0.3, 0.4) is 0 Å². The van der Waals surface area contributed by atoms with Crippen LogP contribution in [-0.4, -0.2) is 9.13 Å². The van der Waals surface area contributed by atoms with Gasteiger partial charge in [-0.2, -0.15) is 5.26 Å². The Bertz CT molecular complexity index is 1300. The lowest BCUT2D eigenvalue weighted by molar-refractivity contribution is 0.911. The summed E-state index contributed by atoms with van der Waals surface area (Å²) in [6.07, 6.45) is 1.72. The maximum absolute atomic E-state index is 13.3. The van der Waals surface area contributed by atoms with E-state index in [1.54, 1.807) is 77.5 Å². The van der Waals surface area contributed by atoms with Gasteiger partial charge in [-0.3, -0.25) is 9.13 Å². The SMILES string of the molecule is N#Cc1cc(Cl)cc(-c2cn(-c3ccc(Cl)cc3)c(=O)n2-c2ccc(Cl)cc2)c1. The Morgan fingerprint density at radius 1 is 0.759 bits per heavy atom. The van der Waals surface area contributed by atoms with Crippen LogP contribution in [-0.2, 0) is 0 Å². The van der Waals surface area contributed by atoms with Crippen molar-refractivity contribution in [1.29, 1.82) is 5.26 Å². The Kier molecular flexibility index (Phi) is 5.21. The molecule has 29 heavy (non-hydrogen) atoms. The van der Waals surface area contributed by atoms with Crippen LogP contribution in [0.5, 0.6) is 0 Å². The van der Waals surface area contributed by atoms with E-state index in [1.165, 1.54) is 4.57 Å². The van der Waals surface area contributed by atoms with Gasteiger partial charge in [0, 0.05) is 26.8 Å². The van der Waals surface area contributed by atoms with Gasteiger partial charge in [0.1, 0.15) is 0 Å². The highest BCUT2D eigenvalue weighted by Crippen LogP contribution is 2.28. The summed E-state index contributed by atoms with van der Waals surface area (Å²) in [5.74, 6) is 0. The minimum atomic E-state index is -0.275. The zero-order chi connectivity index (χ0) is 20.5. The maximum atomic E-state index is 13.3. The number of imidazole rings is 1. The van der Waals surface area contributed by atoms with Gasteiger partial charge in [0.15, 0.2) is 0 Å². The van der Waals surface area contributed by atoms with Crippen LogP contribution in [0.4, 0.5) is 0 Å². The second kappa shape index (κ2) is 7.81. The van der Waals surface area contributed by atoms with Crippen LogP contribution >= 0.6 is 34.8 Å². The van der Waals surface area contributed by atoms with Crippen molar-refractivity contribution in [1.82, 2.24) is 9.13 Å². The minimum Gasteiger partial charge on any atom is -0.267 e. The van der Waals surface area contributed by atoms with Crippen LogP contribution in [0.25, 0.3) is 22.6 Å². The molecule has 0 spiro atoms. The van der Waals surface area contributed by atoms with Gasteiger partial charge < -0.3 is 0 Å². The molecule has 0 fully saturated rings. The molecule has 0 saturated heterocycles. The lowest BCUT2D eigenvalue weighted by atomic mass is 10.1. The zero-order valence-electron chi connectivity index (χ0n) is 14.8. The predicted molar refractivity (Wildman–Crippen MR) is 117 cm³/mol. The van der Waals surface area contributed by atoms with E-state index in [1.807, 2.05) is 0 Å². The quantitative estimate of drug-likeness (QED) is 0.385. The van der Waals surface area contributed by atoms with Crippen molar-refractivity contribution in [2.75, 3.05) is 0 Å². The summed E-state index contributed by atoms with van der Waals surface area (Å²) in [7, 11) is 0. The van der Waals surface area contributed by atoms with E-state index in [-0.39, 0.29) is 5.69 Å². The average Bonchev–Trinajstić information content (AvgIpc) is 3.06. The van der Waals surface area contributed by atoms with Crippen LogP contribution in [0, 0.1) is 11.3 Å². The molecule has 0 saturated carbocycles. The summed E-state index contributed by atoms with van der Waals surface area (Å²) >= 11 is 18.2. The molecule has 3 aromatic carbocycles. The zero-order valence-corrected chi connectivity index (χ0v) is 17.1. The van der Waals surface area contributed by atoms with Crippen molar-refractivity contribution in [3.05, 3.63) is 104 Å². The van der Waals surface area contributed by atoms with Crippen molar-refractivity contribution in [3.8, 4) is 28.7 Å². The average molecular weight is 441 g/mol. The van der Waals surface area contributed by atoms with Gasteiger partial charge in [0.25, 0.3) is 0 Å². The number of halogens is 3. The Labute approximate surface area is 181 Å². The molecule has 142 valence electrons. The minimum absolute atomic E-state index is 0.275. The van der Waals surface area contributed by atoms with E-state index < -0.39 is 0 Å². The highest BCUT2D eigenvalue weighted by atomic mass is 35.5. The van der Waals surface area contributed by atoms with Crippen molar-refractivity contribution in [2.45, 2.75) is 0 Å². The highest BCUT2D eigenvalue weighted by molar-refractivity contribution is 6.31. The number of hydrogen-bond acceptors (Lipinski definition) is 2. The Balaban J connectivity index is 2.01. The first-order valence-corrected chi connectivity index (χ1v) is 9.67. The van der Waals surface area contributed by atoms with E-state index in [9.17, 15) is 10.1 Å². The summed E-state index contributed by atoms with van der Waals surface area (Å²) in [5.41, 5.74) is 2.67. The second-order valence-corrected chi connectivity index (χ2v) is 7.60. The van der Waals surface area contributed by atoms with Gasteiger partial charge in [0.2, 0.25) is 0 Å². The molecule has 0 amide bonds. The normalized spacial score (nSPS) is 10.7. The molecule has 0 unspecified atom stereocenters. The van der Waals surface area contributed by atoms with Gasteiger partial charge in [0.05, 0.1) is 28.7 Å². The van der Waals surface area contributed by atoms with Gasteiger partial charge in [-0.25, -0.2) is 4.79 Å². The predicted octanol–water partition coefficient (Wildman–Crippen LogP) is 6.13. The molecule has 0 atom stereocenters. The molecule has 0 bridgehead atoms. The molecule has 0 aliphatic carbocycles. The van der Waals surface area contributed by atoms with Crippen LogP contribution in [0.1, 0.15) is 5.56 Å². The van der Waals surface area contributed by atoms with Gasteiger partial charge in [-0.1, -0.05) is 34.8 Å². The molecule has 1 aromatic heterocycles.